The van der Waals surface area contributed by atoms with Gasteiger partial charge in [-0.1, -0.05) is 27.7 Å². The second-order valence-corrected chi connectivity index (χ2v) is 24.3. The van der Waals surface area contributed by atoms with Gasteiger partial charge >= 0.3 is 0 Å². The zero-order chi connectivity index (χ0) is 52.9. The SMILES string of the molecule is C[C@@H]1CC[C@@]2(OC1)O[C@H]1C[C@H]3[C@@H]4CC[C@H]5C[C@@H](O[C@@H]6O[C@H](CO)[C@H](O[C@@H]7O[C@H](CO)[C@@H](O)[C@H](O[C@@H]8O[C@H](CO)[C@@H](O)[C@H](O)[C@H]8O)[C@H]7O[C@@H]7O[C@H](CO)[C@@H](O)[C@H](O)[C@H]7O)[C@H](O)[C@H]6O)CC[C@]5(C)[C@H]4CC[C@]3(C)[C@H]1[C@@H]2C. The van der Waals surface area contributed by atoms with E-state index in [4.69, 9.17) is 47.4 Å². The van der Waals surface area contributed by atoms with Crippen molar-refractivity contribution >= 4 is 0 Å². The van der Waals surface area contributed by atoms with Crippen LogP contribution in [0, 0.1) is 52.3 Å². The lowest BCUT2D eigenvalue weighted by atomic mass is 9.44. The molecule has 0 unspecified atom stereocenters. The molecule has 1 spiro atoms. The van der Waals surface area contributed by atoms with Crippen molar-refractivity contribution in [2.24, 2.45) is 52.3 Å². The van der Waals surface area contributed by atoms with E-state index in [0.717, 1.165) is 58.0 Å². The van der Waals surface area contributed by atoms with E-state index in [2.05, 4.69) is 27.7 Å². The van der Waals surface area contributed by atoms with Crippen LogP contribution in [0.1, 0.15) is 91.9 Å². The molecule has 13 N–H and O–H groups in total. The molecule has 23 nitrogen and oxygen atoms in total. The molecule has 0 bridgehead atoms. The highest BCUT2D eigenvalue weighted by Gasteiger charge is 2.69. The maximum absolute atomic E-state index is 11.8. The van der Waals surface area contributed by atoms with Crippen molar-refractivity contribution in [1.82, 2.24) is 0 Å². The lowest BCUT2D eigenvalue weighted by Gasteiger charge is -2.61. The Morgan fingerprint density at radius 2 is 1.01 bits per heavy atom. The minimum Gasteiger partial charge on any atom is -0.394 e. The first-order valence-electron chi connectivity index (χ1n) is 27.3. The third-order valence-electron chi connectivity index (χ3n) is 20.4. The van der Waals surface area contributed by atoms with Crippen LogP contribution in [0.3, 0.4) is 0 Å². The summed E-state index contributed by atoms with van der Waals surface area (Å²) in [7, 11) is 0. The van der Waals surface area contributed by atoms with E-state index in [1.165, 1.54) is 0 Å². The molecular weight excluding hydrogens is 981 g/mol. The largest absolute Gasteiger partial charge is 0.394 e. The Morgan fingerprint density at radius 3 is 1.62 bits per heavy atom. The number of aliphatic hydroxyl groups excluding tert-OH is 13. The lowest BCUT2D eigenvalue weighted by Crippen LogP contribution is -2.68. The molecule has 0 aromatic heterocycles. The van der Waals surface area contributed by atoms with Crippen LogP contribution >= 0.6 is 0 Å². The van der Waals surface area contributed by atoms with Gasteiger partial charge in [-0.05, 0) is 104 Å². The summed E-state index contributed by atoms with van der Waals surface area (Å²) >= 11 is 0. The normalized spacial score (nSPS) is 57.6. The van der Waals surface area contributed by atoms with Gasteiger partial charge in [0.2, 0.25) is 0 Å². The fraction of sp³-hybridized carbons (Fsp3) is 1.00. The van der Waals surface area contributed by atoms with Crippen LogP contribution in [0.15, 0.2) is 0 Å². The molecule has 6 heterocycles. The number of aliphatic hydroxyl groups is 13. The molecule has 0 radical (unpaired) electrons. The zero-order valence-corrected chi connectivity index (χ0v) is 42.7. The summed E-state index contributed by atoms with van der Waals surface area (Å²) in [5.41, 5.74) is 0.270. The molecule has 74 heavy (non-hydrogen) atoms. The second kappa shape index (κ2) is 21.9. The highest BCUT2D eigenvalue weighted by atomic mass is 16.8. The van der Waals surface area contributed by atoms with Gasteiger partial charge in [0.1, 0.15) is 97.7 Å². The molecule has 426 valence electrons. The van der Waals surface area contributed by atoms with Gasteiger partial charge in [-0.25, -0.2) is 0 Å². The van der Waals surface area contributed by atoms with Crippen LogP contribution in [-0.4, -0.2) is 240 Å². The third kappa shape index (κ3) is 9.56. The first-order valence-corrected chi connectivity index (χ1v) is 27.3. The number of fused-ring (bicyclic) bond motifs is 7. The van der Waals surface area contributed by atoms with Gasteiger partial charge in [0.15, 0.2) is 30.9 Å². The molecule has 6 aliphatic heterocycles. The molecule has 6 saturated heterocycles. The highest BCUT2D eigenvalue weighted by Crippen LogP contribution is 2.71. The van der Waals surface area contributed by atoms with Gasteiger partial charge in [-0.2, -0.15) is 0 Å². The van der Waals surface area contributed by atoms with E-state index in [1.807, 2.05) is 0 Å². The topological polar surface area (TPSA) is 355 Å². The first kappa shape index (κ1) is 56.4. The summed E-state index contributed by atoms with van der Waals surface area (Å²) in [6, 6.07) is 0. The third-order valence-corrected chi connectivity index (χ3v) is 20.4. The van der Waals surface area contributed by atoms with E-state index >= 15 is 0 Å². The zero-order valence-electron chi connectivity index (χ0n) is 42.7. The molecule has 0 amide bonds. The van der Waals surface area contributed by atoms with Crippen molar-refractivity contribution in [3.63, 3.8) is 0 Å². The number of ether oxygens (including phenoxy) is 10. The average molecular weight is 1070 g/mol. The maximum Gasteiger partial charge on any atom is 0.187 e. The predicted molar refractivity (Wildman–Crippen MR) is 248 cm³/mol. The summed E-state index contributed by atoms with van der Waals surface area (Å²) in [5, 5.41) is 140. The Bertz CT molecular complexity index is 1880. The average Bonchev–Trinajstić information content (AvgIpc) is 3.84. The van der Waals surface area contributed by atoms with Crippen LogP contribution in [0.5, 0.6) is 0 Å². The van der Waals surface area contributed by atoms with Crippen LogP contribution in [0.25, 0.3) is 0 Å². The maximum atomic E-state index is 11.8. The van der Waals surface area contributed by atoms with E-state index in [1.54, 1.807) is 0 Å². The highest BCUT2D eigenvalue weighted by molar-refractivity contribution is 5.15. The summed E-state index contributed by atoms with van der Waals surface area (Å²) < 4.78 is 61.6. The summed E-state index contributed by atoms with van der Waals surface area (Å²) in [5.74, 6) is 2.99. The standard InChI is InChI=1S/C51H84O23/c1-20-7-12-51(65-19-20)21(2)32-27(74-51)14-26-24-6-5-22-13-23(8-10-49(22,3)25(24)9-11-50(26,32)4)66-45-41(64)38(61)42(31(18-55)70-45)71-48-44(73-47-40(63)37(60)34(57)29(16-53)68-47)43(35(58)30(17-54)69-48)72-46-39(62)36(59)33(56)28(15-52)67-46/h20-48,52-64H,5-19H2,1-4H3/t20-,21+,22+,23+,24-,25+,26+,27+,28-,29-,30-,31-,32+,33-,34-,35-,36+,37+,38-,39-,40-,41-,42+,43+,44-,45-,46+,47+,48+,49+,50+,51-/m1/s1. The summed E-state index contributed by atoms with van der Waals surface area (Å²) in [6.07, 6.45) is -25.9. The fourth-order valence-corrected chi connectivity index (χ4v) is 16.2. The molecule has 0 aromatic carbocycles. The van der Waals surface area contributed by atoms with Crippen molar-refractivity contribution in [1.29, 1.82) is 0 Å². The van der Waals surface area contributed by atoms with Crippen molar-refractivity contribution < 1.29 is 114 Å². The fourth-order valence-electron chi connectivity index (χ4n) is 16.2. The minimum atomic E-state index is -2.03. The molecule has 4 aliphatic carbocycles. The Balaban J connectivity index is 0.820. The van der Waals surface area contributed by atoms with Gasteiger partial charge in [-0.3, -0.25) is 0 Å². The lowest BCUT2D eigenvalue weighted by molar-refractivity contribution is -0.406. The van der Waals surface area contributed by atoms with Crippen molar-refractivity contribution in [3.8, 4) is 0 Å². The van der Waals surface area contributed by atoms with E-state index in [-0.39, 0.29) is 23.0 Å². The Hall–Kier alpha value is -0.920. The molecule has 10 aliphatic rings. The Morgan fingerprint density at radius 1 is 0.473 bits per heavy atom. The second-order valence-electron chi connectivity index (χ2n) is 24.3. The van der Waals surface area contributed by atoms with Crippen molar-refractivity contribution in [2.75, 3.05) is 33.0 Å². The van der Waals surface area contributed by atoms with Crippen LogP contribution in [0.4, 0.5) is 0 Å². The van der Waals surface area contributed by atoms with Crippen LogP contribution < -0.4 is 0 Å². The van der Waals surface area contributed by atoms with Crippen molar-refractivity contribution in [2.45, 2.75) is 233 Å². The Kier molecular flexibility index (Phi) is 16.6. The molecule has 0 aromatic rings. The summed E-state index contributed by atoms with van der Waals surface area (Å²) in [6.45, 7) is 6.96. The van der Waals surface area contributed by atoms with Crippen LogP contribution in [-0.2, 0) is 47.4 Å². The molecule has 10 rings (SSSR count). The van der Waals surface area contributed by atoms with Gasteiger partial charge in [0.05, 0.1) is 45.2 Å². The quantitative estimate of drug-likeness (QED) is 0.0872. The van der Waals surface area contributed by atoms with Gasteiger partial charge < -0.3 is 114 Å². The molecule has 4 saturated carbocycles. The molecule has 23 heteroatoms. The monoisotopic (exact) mass is 1060 g/mol. The molecular formula is C51H84O23. The number of rotatable bonds is 12. The van der Waals surface area contributed by atoms with Gasteiger partial charge in [-0.15, -0.1) is 0 Å². The summed E-state index contributed by atoms with van der Waals surface area (Å²) in [4.78, 5) is 0. The smallest absolute Gasteiger partial charge is 0.187 e. The van der Waals surface area contributed by atoms with Gasteiger partial charge in [0.25, 0.3) is 0 Å². The number of hydrogen-bond acceptors (Lipinski definition) is 23. The molecule has 32 atom stereocenters. The van der Waals surface area contributed by atoms with Gasteiger partial charge in [0, 0.05) is 12.3 Å². The Labute approximate surface area is 430 Å². The number of hydrogen-bond donors (Lipinski definition) is 13. The van der Waals surface area contributed by atoms with E-state index in [0.29, 0.717) is 54.3 Å². The van der Waals surface area contributed by atoms with Crippen LogP contribution in [0.2, 0.25) is 0 Å². The van der Waals surface area contributed by atoms with Crippen molar-refractivity contribution in [3.05, 3.63) is 0 Å². The van der Waals surface area contributed by atoms with E-state index in [9.17, 15) is 66.4 Å². The first-order chi connectivity index (χ1) is 35.2. The minimum absolute atomic E-state index is 0.0782. The predicted octanol–water partition coefficient (Wildman–Crippen LogP) is -2.91. The molecule has 10 fully saturated rings. The van der Waals surface area contributed by atoms with E-state index < -0.39 is 155 Å².